The maximum atomic E-state index is 12.3. The molecule has 0 radical (unpaired) electrons. The van der Waals surface area contributed by atoms with Gasteiger partial charge < -0.3 is 10.0 Å². The Morgan fingerprint density at radius 1 is 0.852 bits per heavy atom. The Bertz CT molecular complexity index is 450. The Labute approximate surface area is 164 Å². The third-order valence-corrected chi connectivity index (χ3v) is 5.58. The van der Waals surface area contributed by atoms with Crippen LogP contribution in [0.4, 0.5) is 0 Å². The minimum atomic E-state index is -0.846. The van der Waals surface area contributed by atoms with E-state index in [0.717, 1.165) is 32.1 Å². The summed E-state index contributed by atoms with van der Waals surface area (Å²) in [6.07, 6.45) is 16.0. The molecule has 0 bridgehead atoms. The van der Waals surface area contributed by atoms with Crippen LogP contribution in [0.5, 0.6) is 0 Å². The summed E-state index contributed by atoms with van der Waals surface area (Å²) in [6, 6.07) is -0.0742. The number of ketones is 1. The number of carboxylic acids is 1. The number of carbonyl (C=O) groups is 3. The molecule has 1 amide bonds. The van der Waals surface area contributed by atoms with Crippen molar-refractivity contribution >= 4 is 17.7 Å². The summed E-state index contributed by atoms with van der Waals surface area (Å²) in [5.74, 6) is -1.54. The normalized spacial score (nSPS) is 16.6. The molecule has 1 rings (SSSR count). The van der Waals surface area contributed by atoms with Gasteiger partial charge in [0.15, 0.2) is 0 Å². The van der Waals surface area contributed by atoms with Crippen LogP contribution in [0.2, 0.25) is 0 Å². The molecule has 156 valence electrons. The second kappa shape index (κ2) is 14.6. The number of unbranched alkanes of at least 4 members (excludes halogenated alkanes) is 10. The van der Waals surface area contributed by atoms with E-state index in [9.17, 15) is 14.4 Å². The molecule has 5 heteroatoms. The van der Waals surface area contributed by atoms with Crippen molar-refractivity contribution < 1.29 is 19.5 Å². The number of carbonyl (C=O) groups excluding carboxylic acids is 2. The van der Waals surface area contributed by atoms with E-state index < -0.39 is 11.9 Å². The average molecular weight is 382 g/mol. The molecule has 1 atom stereocenters. The summed E-state index contributed by atoms with van der Waals surface area (Å²) in [5.41, 5.74) is 0. The van der Waals surface area contributed by atoms with Gasteiger partial charge in [0.1, 0.15) is 0 Å². The highest BCUT2D eigenvalue weighted by molar-refractivity contribution is 6.36. The van der Waals surface area contributed by atoms with Crippen molar-refractivity contribution in [2.45, 2.75) is 116 Å². The lowest BCUT2D eigenvalue weighted by Crippen LogP contribution is -2.40. The third kappa shape index (κ3) is 10.5. The van der Waals surface area contributed by atoms with Crippen LogP contribution in [0.25, 0.3) is 0 Å². The van der Waals surface area contributed by atoms with Crippen molar-refractivity contribution in [2.24, 2.45) is 0 Å². The van der Waals surface area contributed by atoms with Crippen molar-refractivity contribution in [3.05, 3.63) is 0 Å². The largest absolute Gasteiger partial charge is 0.481 e. The van der Waals surface area contributed by atoms with Crippen LogP contribution in [-0.4, -0.2) is 40.3 Å². The number of rotatable bonds is 16. The Morgan fingerprint density at radius 3 is 1.96 bits per heavy atom. The zero-order chi connectivity index (χ0) is 19.9. The minimum Gasteiger partial charge on any atom is -0.481 e. The van der Waals surface area contributed by atoms with Gasteiger partial charge in [-0.1, -0.05) is 71.1 Å². The molecule has 1 fully saturated rings. The van der Waals surface area contributed by atoms with Crippen LogP contribution in [0.1, 0.15) is 110 Å². The van der Waals surface area contributed by atoms with Crippen molar-refractivity contribution in [1.29, 1.82) is 0 Å². The summed E-state index contributed by atoms with van der Waals surface area (Å²) < 4.78 is 0. The number of hydrogen-bond acceptors (Lipinski definition) is 3. The number of aliphatic carboxylic acids is 1. The van der Waals surface area contributed by atoms with Crippen molar-refractivity contribution in [3.8, 4) is 0 Å². The molecule has 1 heterocycles. The van der Waals surface area contributed by atoms with E-state index >= 15 is 0 Å². The summed E-state index contributed by atoms with van der Waals surface area (Å²) in [6.45, 7) is 2.83. The lowest BCUT2D eigenvalue weighted by Gasteiger charge is -2.23. The fourth-order valence-electron chi connectivity index (χ4n) is 3.91. The summed E-state index contributed by atoms with van der Waals surface area (Å²) >= 11 is 0. The first-order valence-electron chi connectivity index (χ1n) is 11.1. The molecule has 0 aromatic carbocycles. The van der Waals surface area contributed by atoms with Gasteiger partial charge in [-0.05, 0) is 25.7 Å². The fraction of sp³-hybridized carbons (Fsp3) is 0.864. The molecule has 5 nitrogen and oxygen atoms in total. The quantitative estimate of drug-likeness (QED) is 0.298. The van der Waals surface area contributed by atoms with Crippen molar-refractivity contribution in [1.82, 2.24) is 4.90 Å². The number of likely N-dealkylation sites (tertiary alicyclic amines) is 1. The second-order valence-corrected chi connectivity index (χ2v) is 7.94. The SMILES string of the molecule is CCCCCCCCCCCCCC(=O)C(=O)N1CCCC1CCC(=O)O. The number of amides is 1. The van der Waals surface area contributed by atoms with Gasteiger partial charge in [0, 0.05) is 25.4 Å². The van der Waals surface area contributed by atoms with Gasteiger partial charge in [0.05, 0.1) is 0 Å². The molecule has 27 heavy (non-hydrogen) atoms. The van der Waals surface area contributed by atoms with Gasteiger partial charge in [-0.25, -0.2) is 0 Å². The van der Waals surface area contributed by atoms with Gasteiger partial charge in [-0.15, -0.1) is 0 Å². The zero-order valence-corrected chi connectivity index (χ0v) is 17.2. The Kier molecular flexibility index (Phi) is 12.8. The van der Waals surface area contributed by atoms with Gasteiger partial charge in [-0.2, -0.15) is 0 Å². The highest BCUT2D eigenvalue weighted by Crippen LogP contribution is 2.22. The van der Waals surface area contributed by atoms with Crippen LogP contribution in [0, 0.1) is 0 Å². The first-order valence-corrected chi connectivity index (χ1v) is 11.1. The molecule has 0 saturated carbocycles. The topological polar surface area (TPSA) is 74.7 Å². The van der Waals surface area contributed by atoms with E-state index in [4.69, 9.17) is 5.11 Å². The van der Waals surface area contributed by atoms with Crippen LogP contribution in [0.15, 0.2) is 0 Å². The third-order valence-electron chi connectivity index (χ3n) is 5.58. The smallest absolute Gasteiger partial charge is 0.303 e. The number of carboxylic acid groups (broad SMARTS) is 1. The summed E-state index contributed by atoms with van der Waals surface area (Å²) in [5, 5.41) is 8.81. The monoisotopic (exact) mass is 381 g/mol. The number of nitrogens with zero attached hydrogens (tertiary/aromatic N) is 1. The first-order chi connectivity index (χ1) is 13.1. The van der Waals surface area contributed by atoms with E-state index in [1.54, 1.807) is 4.90 Å². The van der Waals surface area contributed by atoms with E-state index in [-0.39, 0.29) is 18.2 Å². The Balaban J connectivity index is 2.07. The van der Waals surface area contributed by atoms with E-state index in [1.165, 1.54) is 51.4 Å². The fourth-order valence-corrected chi connectivity index (χ4v) is 3.91. The van der Waals surface area contributed by atoms with E-state index in [2.05, 4.69) is 6.92 Å². The average Bonchev–Trinajstić information content (AvgIpc) is 3.12. The first kappa shape index (κ1) is 23.6. The summed E-state index contributed by atoms with van der Waals surface area (Å²) in [4.78, 5) is 36.8. The predicted octanol–water partition coefficient (Wildman–Crippen LogP) is 5.11. The molecule has 1 saturated heterocycles. The second-order valence-electron chi connectivity index (χ2n) is 7.94. The van der Waals surface area contributed by atoms with E-state index in [1.807, 2.05) is 0 Å². The van der Waals surface area contributed by atoms with Crippen LogP contribution >= 0.6 is 0 Å². The molecule has 0 spiro atoms. The molecule has 0 aromatic rings. The predicted molar refractivity (Wildman–Crippen MR) is 108 cm³/mol. The van der Waals surface area contributed by atoms with Gasteiger partial charge >= 0.3 is 5.97 Å². The molecule has 1 unspecified atom stereocenters. The van der Waals surface area contributed by atoms with Crippen molar-refractivity contribution in [2.75, 3.05) is 6.54 Å². The number of hydrogen-bond donors (Lipinski definition) is 1. The maximum Gasteiger partial charge on any atom is 0.303 e. The highest BCUT2D eigenvalue weighted by Gasteiger charge is 2.31. The molecule has 0 aromatic heterocycles. The zero-order valence-electron chi connectivity index (χ0n) is 17.2. The van der Waals surface area contributed by atoms with Crippen LogP contribution in [0.3, 0.4) is 0 Å². The Morgan fingerprint density at radius 2 is 1.41 bits per heavy atom. The van der Waals surface area contributed by atoms with Gasteiger partial charge in [0.25, 0.3) is 5.91 Å². The molecule has 1 aliphatic rings. The van der Waals surface area contributed by atoms with Crippen LogP contribution in [-0.2, 0) is 14.4 Å². The van der Waals surface area contributed by atoms with Gasteiger partial charge in [-0.3, -0.25) is 14.4 Å². The Hall–Kier alpha value is -1.39. The summed E-state index contributed by atoms with van der Waals surface area (Å²) in [7, 11) is 0. The standard InChI is InChI=1S/C22H39NO4/c1-2-3-4-5-6-7-8-9-10-11-12-15-20(24)22(27)23-18-13-14-19(23)16-17-21(25)26/h19H,2-18H2,1H3,(H,25,26). The molecular weight excluding hydrogens is 342 g/mol. The van der Waals surface area contributed by atoms with E-state index in [0.29, 0.717) is 19.4 Å². The maximum absolute atomic E-state index is 12.3. The highest BCUT2D eigenvalue weighted by atomic mass is 16.4. The van der Waals surface area contributed by atoms with Crippen LogP contribution < -0.4 is 0 Å². The minimum absolute atomic E-state index is 0.0568. The number of Topliss-reactive ketones (excluding diaryl/α,β-unsaturated/α-hetero) is 1. The lowest BCUT2D eigenvalue weighted by molar-refractivity contribution is -0.145. The van der Waals surface area contributed by atoms with Gasteiger partial charge in [0.2, 0.25) is 5.78 Å². The molecule has 1 aliphatic heterocycles. The molecule has 1 N–H and O–H groups in total. The molecular formula is C22H39NO4. The molecule has 0 aliphatic carbocycles. The van der Waals surface area contributed by atoms with Crippen molar-refractivity contribution in [3.63, 3.8) is 0 Å². The lowest BCUT2D eigenvalue weighted by atomic mass is 10.0.